The van der Waals surface area contributed by atoms with Crippen LogP contribution in [0.3, 0.4) is 0 Å². The highest BCUT2D eigenvalue weighted by Gasteiger charge is 2.63. The van der Waals surface area contributed by atoms with E-state index in [0.29, 0.717) is 57.4 Å². The van der Waals surface area contributed by atoms with Crippen LogP contribution in [0, 0.1) is 22.7 Å². The number of piperidine rings is 1. The van der Waals surface area contributed by atoms with Crippen molar-refractivity contribution in [3.8, 4) is 0 Å². The first-order chi connectivity index (χ1) is 18.9. The van der Waals surface area contributed by atoms with Crippen molar-refractivity contribution >= 4 is 30.0 Å². The Bertz CT molecular complexity index is 1010. The summed E-state index contributed by atoms with van der Waals surface area (Å²) < 4.78 is 37.4. The SMILES string of the molecule is CC(C)(C)C(NC(=O)C(F)(F)F)C(=O)N1CC2C(C1)C2(C)C.O=CNC(CN1CCCC1=O)C(O)C(=O)N1CCC1. The number of amides is 5. The van der Waals surface area contributed by atoms with E-state index < -0.39 is 41.6 Å². The second kappa shape index (κ2) is 12.1. The number of fused-ring (bicyclic) bond motifs is 1. The number of carbonyl (C=O) groups is 5. The summed E-state index contributed by atoms with van der Waals surface area (Å²) in [5.74, 6) is -2.04. The Balaban J connectivity index is 0.000000228. The molecule has 3 heterocycles. The molecule has 14 heteroatoms. The molecule has 3 N–H and O–H groups in total. The predicted molar refractivity (Wildman–Crippen MR) is 141 cm³/mol. The largest absolute Gasteiger partial charge is 0.471 e. The van der Waals surface area contributed by atoms with Gasteiger partial charge in [0.25, 0.3) is 5.91 Å². The van der Waals surface area contributed by atoms with Gasteiger partial charge in [-0.25, -0.2) is 0 Å². The van der Waals surface area contributed by atoms with Crippen molar-refractivity contribution in [3.63, 3.8) is 0 Å². The van der Waals surface area contributed by atoms with Gasteiger partial charge < -0.3 is 30.4 Å². The lowest BCUT2D eigenvalue weighted by Crippen LogP contribution is -2.57. The number of rotatable bonds is 8. The summed E-state index contributed by atoms with van der Waals surface area (Å²) in [5.41, 5.74) is -0.580. The molecule has 1 saturated carbocycles. The van der Waals surface area contributed by atoms with Gasteiger partial charge in [-0.3, -0.25) is 24.0 Å². The second-order valence-corrected chi connectivity index (χ2v) is 13.0. The molecule has 5 unspecified atom stereocenters. The van der Waals surface area contributed by atoms with Crippen molar-refractivity contribution in [1.29, 1.82) is 0 Å². The smallest absolute Gasteiger partial charge is 0.381 e. The number of alkyl halides is 3. The number of likely N-dealkylation sites (tertiary alicyclic amines) is 3. The lowest BCUT2D eigenvalue weighted by Gasteiger charge is -2.35. The van der Waals surface area contributed by atoms with Gasteiger partial charge in [0.05, 0.1) is 6.04 Å². The Morgan fingerprint density at radius 3 is 2.02 bits per heavy atom. The van der Waals surface area contributed by atoms with Crippen molar-refractivity contribution in [2.75, 3.05) is 39.3 Å². The molecule has 0 aromatic heterocycles. The van der Waals surface area contributed by atoms with E-state index in [4.69, 9.17) is 0 Å². The molecule has 3 saturated heterocycles. The molecule has 5 amide bonds. The molecule has 0 aromatic rings. The molecular weight excluding hydrogens is 547 g/mol. The van der Waals surface area contributed by atoms with Crippen molar-refractivity contribution < 1.29 is 42.3 Å². The molecule has 5 atom stereocenters. The fourth-order valence-corrected chi connectivity index (χ4v) is 5.72. The van der Waals surface area contributed by atoms with Gasteiger partial charge in [0.15, 0.2) is 6.10 Å². The van der Waals surface area contributed by atoms with Crippen molar-refractivity contribution in [2.24, 2.45) is 22.7 Å². The molecule has 0 spiro atoms. The maximum absolute atomic E-state index is 12.6. The highest BCUT2D eigenvalue weighted by molar-refractivity contribution is 5.90. The van der Waals surface area contributed by atoms with Crippen LogP contribution < -0.4 is 10.6 Å². The van der Waals surface area contributed by atoms with E-state index in [1.54, 1.807) is 35.5 Å². The summed E-state index contributed by atoms with van der Waals surface area (Å²) in [5, 5.41) is 14.4. The summed E-state index contributed by atoms with van der Waals surface area (Å²) in [4.78, 5) is 62.6. The number of hydrogen-bond donors (Lipinski definition) is 3. The molecule has 0 radical (unpaired) electrons. The van der Waals surface area contributed by atoms with Gasteiger partial charge in [-0.2, -0.15) is 13.2 Å². The van der Waals surface area contributed by atoms with Crippen molar-refractivity contribution in [3.05, 3.63) is 0 Å². The summed E-state index contributed by atoms with van der Waals surface area (Å²) in [6.07, 6.45) is -3.61. The lowest BCUT2D eigenvalue weighted by atomic mass is 9.85. The van der Waals surface area contributed by atoms with Crippen LogP contribution in [0.5, 0.6) is 0 Å². The maximum Gasteiger partial charge on any atom is 0.471 e. The first-order valence-electron chi connectivity index (χ1n) is 14.0. The number of nitrogens with zero attached hydrogens (tertiary/aromatic N) is 3. The van der Waals surface area contributed by atoms with Crippen LogP contribution in [-0.2, 0) is 24.0 Å². The fourth-order valence-electron chi connectivity index (χ4n) is 5.72. The minimum atomic E-state index is -4.99. The number of nitrogens with one attached hydrogen (secondary N) is 2. The molecule has 1 aliphatic carbocycles. The molecule has 0 aromatic carbocycles. The third-order valence-corrected chi connectivity index (χ3v) is 8.75. The Labute approximate surface area is 238 Å². The minimum absolute atomic E-state index is 0.00120. The van der Waals surface area contributed by atoms with E-state index in [2.05, 4.69) is 19.2 Å². The van der Waals surface area contributed by atoms with Crippen LogP contribution >= 0.6 is 0 Å². The first kappa shape index (κ1) is 32.6. The number of aliphatic hydroxyl groups excluding tert-OH is 1. The van der Waals surface area contributed by atoms with Crippen molar-refractivity contribution in [2.45, 2.75) is 78.2 Å². The zero-order valence-electron chi connectivity index (χ0n) is 24.3. The molecule has 11 nitrogen and oxygen atoms in total. The molecule has 4 fully saturated rings. The predicted octanol–water partition coefficient (Wildman–Crippen LogP) is 0.511. The van der Waals surface area contributed by atoms with Gasteiger partial charge in [0.2, 0.25) is 18.2 Å². The third kappa shape index (κ3) is 7.49. The molecule has 3 aliphatic heterocycles. The summed E-state index contributed by atoms with van der Waals surface area (Å²) >= 11 is 0. The van der Waals surface area contributed by atoms with Gasteiger partial charge in [0, 0.05) is 45.7 Å². The zero-order valence-corrected chi connectivity index (χ0v) is 24.3. The second-order valence-electron chi connectivity index (χ2n) is 13.0. The zero-order chi connectivity index (χ0) is 30.9. The Hall–Kier alpha value is -2.90. The van der Waals surface area contributed by atoms with Gasteiger partial charge in [-0.05, 0) is 35.5 Å². The van der Waals surface area contributed by atoms with E-state index in [1.807, 2.05) is 5.32 Å². The first-order valence-corrected chi connectivity index (χ1v) is 14.0. The Morgan fingerprint density at radius 1 is 1.02 bits per heavy atom. The highest BCUT2D eigenvalue weighted by atomic mass is 19.4. The summed E-state index contributed by atoms with van der Waals surface area (Å²) in [6.45, 7) is 12.4. The van der Waals surface area contributed by atoms with Gasteiger partial charge in [0.1, 0.15) is 6.04 Å². The number of halogens is 3. The quantitative estimate of drug-likeness (QED) is 0.353. The molecule has 4 rings (SSSR count). The van der Waals surface area contributed by atoms with E-state index >= 15 is 0 Å². The van der Waals surface area contributed by atoms with Crippen LogP contribution in [0.1, 0.15) is 53.9 Å². The molecule has 232 valence electrons. The number of aliphatic hydroxyl groups is 1. The average molecular weight is 590 g/mol. The van der Waals surface area contributed by atoms with E-state index in [0.717, 1.165) is 12.8 Å². The maximum atomic E-state index is 12.6. The van der Waals surface area contributed by atoms with Crippen LogP contribution in [0.15, 0.2) is 0 Å². The van der Waals surface area contributed by atoms with Gasteiger partial charge >= 0.3 is 12.1 Å². The standard InChI is InChI=1S/C15H23F3N2O2.C12H19N3O4/c1-13(2,3)10(19-12(22)15(16,17)18)11(21)20-6-8-9(7-20)14(8,4)5;16-8-13-9(7-15-4-1-3-10(15)17)11(18)12(19)14-5-2-6-14/h8-10H,6-7H2,1-5H3,(H,19,22);8-9,11,18H,1-7H2,(H,13,16). The monoisotopic (exact) mass is 589 g/mol. The van der Waals surface area contributed by atoms with E-state index in [1.165, 1.54) is 0 Å². The fraction of sp³-hybridized carbons (Fsp3) is 0.815. The van der Waals surface area contributed by atoms with Crippen LogP contribution in [-0.4, -0.2) is 113 Å². The Kier molecular flexibility index (Phi) is 9.66. The van der Waals surface area contributed by atoms with Gasteiger partial charge in [-0.15, -0.1) is 0 Å². The normalized spacial score (nSPS) is 25.2. The minimum Gasteiger partial charge on any atom is -0.381 e. The van der Waals surface area contributed by atoms with Crippen LogP contribution in [0.25, 0.3) is 0 Å². The number of carbonyl (C=O) groups excluding carboxylic acids is 5. The van der Waals surface area contributed by atoms with Crippen LogP contribution in [0.2, 0.25) is 0 Å². The van der Waals surface area contributed by atoms with E-state index in [-0.39, 0.29) is 23.8 Å². The summed E-state index contributed by atoms with van der Waals surface area (Å²) in [7, 11) is 0. The molecule has 41 heavy (non-hydrogen) atoms. The average Bonchev–Trinajstić information content (AvgIpc) is 3.23. The third-order valence-electron chi connectivity index (χ3n) is 8.75. The lowest BCUT2D eigenvalue weighted by molar-refractivity contribution is -0.176. The molecule has 4 aliphatic rings. The van der Waals surface area contributed by atoms with Gasteiger partial charge in [-0.1, -0.05) is 34.6 Å². The van der Waals surface area contributed by atoms with Crippen LogP contribution in [0.4, 0.5) is 13.2 Å². The summed E-state index contributed by atoms with van der Waals surface area (Å²) in [6, 6.07) is -1.92. The Morgan fingerprint density at radius 2 is 1.61 bits per heavy atom. The highest BCUT2D eigenvalue weighted by Crippen LogP contribution is 2.62. The van der Waals surface area contributed by atoms with E-state index in [9.17, 15) is 42.3 Å². The molecule has 0 bridgehead atoms. The molecular formula is C27H42F3N5O6. The topological polar surface area (TPSA) is 139 Å². The van der Waals surface area contributed by atoms with Crippen molar-refractivity contribution in [1.82, 2.24) is 25.3 Å². The number of hydrogen-bond acceptors (Lipinski definition) is 6.